The van der Waals surface area contributed by atoms with Gasteiger partial charge in [-0.3, -0.25) is 0 Å². The highest BCUT2D eigenvalue weighted by Gasteiger charge is 2.33. The molecule has 0 radical (unpaired) electrons. The van der Waals surface area contributed by atoms with Gasteiger partial charge in [-0.2, -0.15) is 9.78 Å². The summed E-state index contributed by atoms with van der Waals surface area (Å²) in [6, 6.07) is -0.167. The van der Waals surface area contributed by atoms with Crippen LogP contribution in [-0.4, -0.2) is 15.8 Å². The van der Waals surface area contributed by atoms with E-state index in [4.69, 9.17) is 5.73 Å². The summed E-state index contributed by atoms with van der Waals surface area (Å²) in [7, 11) is 0. The lowest BCUT2D eigenvalue weighted by Gasteiger charge is -2.09. The number of aromatic nitrogens is 2. The van der Waals surface area contributed by atoms with Gasteiger partial charge in [-0.1, -0.05) is 0 Å². The molecule has 0 aliphatic rings. The van der Waals surface area contributed by atoms with Crippen molar-refractivity contribution >= 4 is 0 Å². The molecule has 0 aliphatic carbocycles. The SMILES string of the molecule is Cc1c(CC(C)N)cnn1C(F)(F)F. The molecule has 1 atom stereocenters. The van der Waals surface area contributed by atoms with Crippen LogP contribution in [0.4, 0.5) is 13.2 Å². The molecule has 0 amide bonds. The smallest absolute Gasteiger partial charge is 0.328 e. The molecule has 1 aromatic rings. The van der Waals surface area contributed by atoms with E-state index in [1.54, 1.807) is 6.92 Å². The van der Waals surface area contributed by atoms with Crippen molar-refractivity contribution in [2.75, 3.05) is 0 Å². The topological polar surface area (TPSA) is 43.8 Å². The van der Waals surface area contributed by atoms with Gasteiger partial charge in [0.2, 0.25) is 0 Å². The fourth-order valence-electron chi connectivity index (χ4n) is 1.25. The maximum Gasteiger partial charge on any atom is 0.504 e. The third kappa shape index (κ3) is 2.25. The minimum absolute atomic E-state index is 0.0602. The van der Waals surface area contributed by atoms with Gasteiger partial charge in [0.15, 0.2) is 0 Å². The Morgan fingerprint density at radius 3 is 2.50 bits per heavy atom. The van der Waals surface area contributed by atoms with Crippen LogP contribution < -0.4 is 5.73 Å². The van der Waals surface area contributed by atoms with E-state index in [-0.39, 0.29) is 16.4 Å². The van der Waals surface area contributed by atoms with Crippen molar-refractivity contribution in [1.29, 1.82) is 0 Å². The number of nitrogens with zero attached hydrogens (tertiary/aromatic N) is 2. The molecule has 0 aromatic carbocycles. The van der Waals surface area contributed by atoms with E-state index in [0.29, 0.717) is 12.0 Å². The molecule has 1 unspecified atom stereocenters. The van der Waals surface area contributed by atoms with Gasteiger partial charge in [0.05, 0.1) is 6.20 Å². The molecule has 0 spiro atoms. The van der Waals surface area contributed by atoms with E-state index in [2.05, 4.69) is 5.10 Å². The molecule has 0 bridgehead atoms. The van der Waals surface area contributed by atoms with Crippen molar-refractivity contribution in [2.24, 2.45) is 5.73 Å². The molecule has 1 rings (SSSR count). The molecule has 0 saturated heterocycles. The molecule has 14 heavy (non-hydrogen) atoms. The predicted octanol–water partition coefficient (Wildman–Crippen LogP) is 1.56. The predicted molar refractivity (Wildman–Crippen MR) is 45.6 cm³/mol. The zero-order chi connectivity index (χ0) is 10.9. The van der Waals surface area contributed by atoms with Gasteiger partial charge >= 0.3 is 6.30 Å². The standard InChI is InChI=1S/C8H12F3N3/c1-5(12)3-7-4-13-14(6(7)2)8(9,10)11/h4-5H,3,12H2,1-2H3. The van der Waals surface area contributed by atoms with Crippen LogP contribution in [0.1, 0.15) is 18.2 Å². The summed E-state index contributed by atoms with van der Waals surface area (Å²) in [5, 5.41) is 3.28. The first kappa shape index (κ1) is 11.0. The summed E-state index contributed by atoms with van der Waals surface area (Å²) < 4.78 is 36.9. The number of rotatable bonds is 2. The highest BCUT2D eigenvalue weighted by atomic mass is 19.4. The van der Waals surface area contributed by atoms with Gasteiger partial charge in [0.25, 0.3) is 0 Å². The van der Waals surface area contributed by atoms with E-state index in [9.17, 15) is 13.2 Å². The Morgan fingerprint density at radius 2 is 2.14 bits per heavy atom. The Balaban J connectivity index is 2.97. The molecular formula is C8H12F3N3. The normalized spacial score (nSPS) is 14.4. The van der Waals surface area contributed by atoms with Crippen LogP contribution >= 0.6 is 0 Å². The zero-order valence-corrected chi connectivity index (χ0v) is 7.97. The fourth-order valence-corrected chi connectivity index (χ4v) is 1.25. The second kappa shape index (κ2) is 3.61. The fraction of sp³-hybridized carbons (Fsp3) is 0.625. The van der Waals surface area contributed by atoms with E-state index < -0.39 is 6.30 Å². The first-order valence-electron chi connectivity index (χ1n) is 4.18. The molecule has 0 fully saturated rings. The van der Waals surface area contributed by atoms with Gasteiger partial charge in [0.1, 0.15) is 0 Å². The van der Waals surface area contributed by atoms with Crippen molar-refractivity contribution in [3.05, 3.63) is 17.5 Å². The Morgan fingerprint density at radius 1 is 1.57 bits per heavy atom. The Hall–Kier alpha value is -1.04. The van der Waals surface area contributed by atoms with Crippen LogP contribution in [0.5, 0.6) is 0 Å². The first-order chi connectivity index (χ1) is 6.32. The molecule has 6 heteroatoms. The number of halogens is 3. The highest BCUT2D eigenvalue weighted by Crippen LogP contribution is 2.24. The lowest BCUT2D eigenvalue weighted by molar-refractivity contribution is -0.213. The van der Waals surface area contributed by atoms with Crippen LogP contribution in [0, 0.1) is 6.92 Å². The van der Waals surface area contributed by atoms with Crippen LogP contribution in [0.15, 0.2) is 6.20 Å². The van der Waals surface area contributed by atoms with E-state index >= 15 is 0 Å². The van der Waals surface area contributed by atoms with Crippen molar-refractivity contribution in [3.63, 3.8) is 0 Å². The third-order valence-corrected chi connectivity index (χ3v) is 1.89. The number of hydrogen-bond acceptors (Lipinski definition) is 2. The number of alkyl halides is 3. The van der Waals surface area contributed by atoms with Gasteiger partial charge in [-0.05, 0) is 25.8 Å². The molecule has 80 valence electrons. The summed E-state index contributed by atoms with van der Waals surface area (Å²) in [4.78, 5) is 0. The van der Waals surface area contributed by atoms with Gasteiger partial charge in [0, 0.05) is 11.7 Å². The lowest BCUT2D eigenvalue weighted by Crippen LogP contribution is -2.21. The van der Waals surface area contributed by atoms with E-state index in [0.717, 1.165) is 0 Å². The average Bonchev–Trinajstić information content (AvgIpc) is 2.30. The monoisotopic (exact) mass is 207 g/mol. The Bertz CT molecular complexity index is 314. The maximum absolute atomic E-state index is 12.3. The van der Waals surface area contributed by atoms with Gasteiger partial charge in [-0.15, -0.1) is 13.2 Å². The van der Waals surface area contributed by atoms with Crippen LogP contribution in [-0.2, 0) is 12.7 Å². The molecule has 3 nitrogen and oxygen atoms in total. The summed E-state index contributed by atoms with van der Waals surface area (Å²) >= 11 is 0. The molecule has 1 heterocycles. The van der Waals surface area contributed by atoms with Crippen molar-refractivity contribution in [2.45, 2.75) is 32.6 Å². The molecular weight excluding hydrogens is 195 g/mol. The van der Waals surface area contributed by atoms with Crippen molar-refractivity contribution < 1.29 is 13.2 Å². The average molecular weight is 207 g/mol. The largest absolute Gasteiger partial charge is 0.504 e. The Labute approximate surface area is 79.7 Å². The number of hydrogen-bond donors (Lipinski definition) is 1. The summed E-state index contributed by atoms with van der Waals surface area (Å²) in [5.74, 6) is 0. The van der Waals surface area contributed by atoms with Crippen LogP contribution in [0.2, 0.25) is 0 Å². The summed E-state index contributed by atoms with van der Waals surface area (Å²) in [6.45, 7) is 3.13. The van der Waals surface area contributed by atoms with Crippen LogP contribution in [0.25, 0.3) is 0 Å². The maximum atomic E-state index is 12.3. The zero-order valence-electron chi connectivity index (χ0n) is 7.97. The first-order valence-corrected chi connectivity index (χ1v) is 4.18. The molecule has 1 aromatic heterocycles. The summed E-state index contributed by atoms with van der Waals surface area (Å²) in [5.41, 5.74) is 6.14. The molecule has 0 aliphatic heterocycles. The van der Waals surface area contributed by atoms with Gasteiger partial charge in [-0.25, -0.2) is 0 Å². The second-order valence-corrected chi connectivity index (χ2v) is 3.32. The van der Waals surface area contributed by atoms with Gasteiger partial charge < -0.3 is 5.73 Å². The second-order valence-electron chi connectivity index (χ2n) is 3.32. The van der Waals surface area contributed by atoms with Crippen LogP contribution in [0.3, 0.4) is 0 Å². The minimum Gasteiger partial charge on any atom is -0.328 e. The number of nitrogens with two attached hydrogens (primary N) is 1. The van der Waals surface area contributed by atoms with E-state index in [1.165, 1.54) is 13.1 Å². The third-order valence-electron chi connectivity index (χ3n) is 1.89. The lowest BCUT2D eigenvalue weighted by atomic mass is 10.1. The quantitative estimate of drug-likeness (QED) is 0.799. The molecule has 2 N–H and O–H groups in total. The van der Waals surface area contributed by atoms with Crippen molar-refractivity contribution in [1.82, 2.24) is 9.78 Å². The highest BCUT2D eigenvalue weighted by molar-refractivity contribution is 5.17. The van der Waals surface area contributed by atoms with E-state index in [1.807, 2.05) is 0 Å². The Kier molecular flexibility index (Phi) is 2.84. The minimum atomic E-state index is -4.44. The summed E-state index contributed by atoms with van der Waals surface area (Å²) in [6.07, 6.45) is -2.83. The molecule has 0 saturated carbocycles. The van der Waals surface area contributed by atoms with Crippen molar-refractivity contribution in [3.8, 4) is 0 Å².